The zero-order valence-corrected chi connectivity index (χ0v) is 10.9. The summed E-state index contributed by atoms with van der Waals surface area (Å²) in [6.07, 6.45) is 1.68. The molecule has 0 aliphatic heterocycles. The predicted octanol–water partition coefficient (Wildman–Crippen LogP) is 2.68. The molecule has 0 aliphatic carbocycles. The van der Waals surface area contributed by atoms with Crippen LogP contribution in [0.1, 0.15) is 47.5 Å². The monoisotopic (exact) mass is 216 g/mol. The van der Waals surface area contributed by atoms with Crippen LogP contribution in [0.3, 0.4) is 0 Å². The van der Waals surface area contributed by atoms with Gasteiger partial charge in [-0.25, -0.2) is 0 Å². The standard InChI is InChI=1S/C13H28O2/c1-9(2)6-12(8-14)13(11(5)15)7-10(3)4/h9-15H,6-8H2,1-5H3. The second-order valence-corrected chi connectivity index (χ2v) is 5.61. The second-order valence-electron chi connectivity index (χ2n) is 5.61. The molecule has 0 radical (unpaired) electrons. The van der Waals surface area contributed by atoms with Crippen molar-refractivity contribution < 1.29 is 10.2 Å². The van der Waals surface area contributed by atoms with Crippen LogP contribution < -0.4 is 0 Å². The highest BCUT2D eigenvalue weighted by Crippen LogP contribution is 2.28. The fraction of sp³-hybridized carbons (Fsp3) is 1.00. The van der Waals surface area contributed by atoms with E-state index in [-0.39, 0.29) is 24.5 Å². The summed E-state index contributed by atoms with van der Waals surface area (Å²) in [5, 5.41) is 19.2. The number of aliphatic hydroxyl groups excluding tert-OH is 2. The van der Waals surface area contributed by atoms with E-state index in [9.17, 15) is 10.2 Å². The molecule has 0 aromatic carbocycles. The smallest absolute Gasteiger partial charge is 0.0543 e. The van der Waals surface area contributed by atoms with Crippen LogP contribution in [-0.4, -0.2) is 22.9 Å². The van der Waals surface area contributed by atoms with E-state index >= 15 is 0 Å². The van der Waals surface area contributed by atoms with E-state index in [1.54, 1.807) is 0 Å². The van der Waals surface area contributed by atoms with Crippen molar-refractivity contribution >= 4 is 0 Å². The largest absolute Gasteiger partial charge is 0.396 e. The van der Waals surface area contributed by atoms with Gasteiger partial charge in [-0.1, -0.05) is 27.7 Å². The van der Waals surface area contributed by atoms with Gasteiger partial charge in [0, 0.05) is 6.61 Å². The molecular formula is C13H28O2. The first-order valence-corrected chi connectivity index (χ1v) is 6.17. The van der Waals surface area contributed by atoms with Gasteiger partial charge in [0.2, 0.25) is 0 Å². The third kappa shape index (κ3) is 6.16. The summed E-state index contributed by atoms with van der Waals surface area (Å²) in [7, 11) is 0. The van der Waals surface area contributed by atoms with E-state index in [0.29, 0.717) is 11.8 Å². The van der Waals surface area contributed by atoms with Gasteiger partial charge < -0.3 is 10.2 Å². The molecule has 0 aromatic rings. The molecule has 0 aromatic heterocycles. The van der Waals surface area contributed by atoms with Crippen LogP contribution in [0.15, 0.2) is 0 Å². The van der Waals surface area contributed by atoms with Gasteiger partial charge in [0.05, 0.1) is 6.10 Å². The van der Waals surface area contributed by atoms with Gasteiger partial charge in [0.15, 0.2) is 0 Å². The Labute approximate surface area is 94.7 Å². The van der Waals surface area contributed by atoms with Gasteiger partial charge >= 0.3 is 0 Å². The van der Waals surface area contributed by atoms with E-state index in [1.165, 1.54) is 0 Å². The van der Waals surface area contributed by atoms with Crippen molar-refractivity contribution in [2.75, 3.05) is 6.61 Å². The van der Waals surface area contributed by atoms with Gasteiger partial charge in [0.25, 0.3) is 0 Å². The fourth-order valence-electron chi connectivity index (χ4n) is 2.32. The Morgan fingerprint density at radius 2 is 1.33 bits per heavy atom. The number of hydrogen-bond donors (Lipinski definition) is 2. The first-order valence-electron chi connectivity index (χ1n) is 6.17. The van der Waals surface area contributed by atoms with E-state index in [0.717, 1.165) is 12.8 Å². The molecule has 15 heavy (non-hydrogen) atoms. The minimum absolute atomic E-state index is 0.195. The molecule has 0 amide bonds. The number of hydrogen-bond acceptors (Lipinski definition) is 2. The third-order valence-electron chi connectivity index (χ3n) is 2.98. The second kappa shape index (κ2) is 7.24. The Morgan fingerprint density at radius 1 is 0.867 bits per heavy atom. The molecule has 2 N–H and O–H groups in total. The molecule has 0 rings (SSSR count). The molecule has 0 bridgehead atoms. The van der Waals surface area contributed by atoms with Crippen molar-refractivity contribution in [1.29, 1.82) is 0 Å². The molecular weight excluding hydrogens is 188 g/mol. The van der Waals surface area contributed by atoms with E-state index in [2.05, 4.69) is 27.7 Å². The van der Waals surface area contributed by atoms with Crippen molar-refractivity contribution in [1.82, 2.24) is 0 Å². The fourth-order valence-corrected chi connectivity index (χ4v) is 2.32. The lowest BCUT2D eigenvalue weighted by Gasteiger charge is -2.30. The summed E-state index contributed by atoms with van der Waals surface area (Å²) in [6.45, 7) is 10.7. The van der Waals surface area contributed by atoms with Crippen LogP contribution in [0.4, 0.5) is 0 Å². The topological polar surface area (TPSA) is 40.5 Å². The number of aliphatic hydroxyl groups is 2. The maximum atomic E-state index is 9.76. The van der Waals surface area contributed by atoms with Crippen LogP contribution >= 0.6 is 0 Å². The average molecular weight is 216 g/mol. The average Bonchev–Trinajstić information content (AvgIpc) is 2.09. The van der Waals surface area contributed by atoms with Crippen LogP contribution in [0.25, 0.3) is 0 Å². The van der Waals surface area contributed by atoms with E-state index in [4.69, 9.17) is 0 Å². The summed E-state index contributed by atoms with van der Waals surface area (Å²) in [5.74, 6) is 1.63. The highest BCUT2D eigenvalue weighted by atomic mass is 16.3. The molecule has 2 heteroatoms. The van der Waals surface area contributed by atoms with Gasteiger partial charge in [-0.2, -0.15) is 0 Å². The Kier molecular flexibility index (Phi) is 7.20. The molecule has 3 unspecified atom stereocenters. The first kappa shape index (κ1) is 14.9. The molecule has 0 fully saturated rings. The van der Waals surface area contributed by atoms with Gasteiger partial charge in [-0.05, 0) is 43.4 Å². The minimum atomic E-state index is -0.316. The Bertz CT molecular complexity index is 153. The zero-order chi connectivity index (χ0) is 12.0. The zero-order valence-electron chi connectivity index (χ0n) is 10.9. The van der Waals surface area contributed by atoms with Crippen molar-refractivity contribution in [3.8, 4) is 0 Å². The van der Waals surface area contributed by atoms with Crippen LogP contribution in [-0.2, 0) is 0 Å². The summed E-state index contributed by atoms with van der Waals surface area (Å²) >= 11 is 0. The highest BCUT2D eigenvalue weighted by molar-refractivity contribution is 4.76. The van der Waals surface area contributed by atoms with Crippen molar-refractivity contribution in [3.05, 3.63) is 0 Å². The lowest BCUT2D eigenvalue weighted by atomic mass is 9.78. The normalized spacial score (nSPS) is 18.2. The maximum absolute atomic E-state index is 9.76. The number of rotatable bonds is 7. The third-order valence-corrected chi connectivity index (χ3v) is 2.98. The van der Waals surface area contributed by atoms with Crippen molar-refractivity contribution in [3.63, 3.8) is 0 Å². The summed E-state index contributed by atoms with van der Waals surface area (Å²) in [4.78, 5) is 0. The highest BCUT2D eigenvalue weighted by Gasteiger charge is 2.26. The Morgan fingerprint density at radius 3 is 1.60 bits per heavy atom. The van der Waals surface area contributed by atoms with Gasteiger partial charge in [-0.15, -0.1) is 0 Å². The lowest BCUT2D eigenvalue weighted by Crippen LogP contribution is -2.30. The molecule has 0 heterocycles. The summed E-state index contributed by atoms with van der Waals surface area (Å²) in [6, 6.07) is 0. The molecule has 0 aliphatic rings. The van der Waals surface area contributed by atoms with E-state index in [1.807, 2.05) is 6.92 Å². The molecule has 92 valence electrons. The van der Waals surface area contributed by atoms with Gasteiger partial charge in [0.1, 0.15) is 0 Å². The van der Waals surface area contributed by atoms with Crippen molar-refractivity contribution in [2.45, 2.75) is 53.6 Å². The molecule has 0 saturated carbocycles. The lowest BCUT2D eigenvalue weighted by molar-refractivity contribution is 0.0389. The Hall–Kier alpha value is -0.0800. The van der Waals surface area contributed by atoms with E-state index < -0.39 is 0 Å². The predicted molar refractivity (Wildman–Crippen MR) is 64.7 cm³/mol. The summed E-state index contributed by atoms with van der Waals surface area (Å²) in [5.41, 5.74) is 0. The van der Waals surface area contributed by atoms with Crippen LogP contribution in [0.2, 0.25) is 0 Å². The quantitative estimate of drug-likeness (QED) is 0.687. The molecule has 0 saturated heterocycles. The first-order chi connectivity index (χ1) is 6.88. The van der Waals surface area contributed by atoms with Gasteiger partial charge in [-0.3, -0.25) is 0 Å². The van der Waals surface area contributed by atoms with Crippen LogP contribution in [0, 0.1) is 23.7 Å². The summed E-state index contributed by atoms with van der Waals surface area (Å²) < 4.78 is 0. The Balaban J connectivity index is 4.40. The van der Waals surface area contributed by atoms with Crippen molar-refractivity contribution in [2.24, 2.45) is 23.7 Å². The van der Waals surface area contributed by atoms with Crippen LogP contribution in [0.5, 0.6) is 0 Å². The molecule has 3 atom stereocenters. The molecule has 2 nitrogen and oxygen atoms in total. The minimum Gasteiger partial charge on any atom is -0.396 e. The SMILES string of the molecule is CC(C)CC(CO)C(CC(C)C)C(C)O. The molecule has 0 spiro atoms. The maximum Gasteiger partial charge on any atom is 0.0543 e.